The van der Waals surface area contributed by atoms with Gasteiger partial charge in [-0.15, -0.1) is 0 Å². The number of nitro groups is 1. The molecule has 0 heterocycles. The van der Waals surface area contributed by atoms with Crippen LogP contribution in [0, 0.1) is 24.0 Å². The predicted octanol–water partition coefficient (Wildman–Crippen LogP) is 4.35. The van der Waals surface area contributed by atoms with Gasteiger partial charge in [-0.1, -0.05) is 26.0 Å². The van der Waals surface area contributed by atoms with Crippen LogP contribution in [0.1, 0.15) is 36.5 Å². The van der Waals surface area contributed by atoms with Crippen molar-refractivity contribution in [3.05, 3.63) is 63.2 Å². The van der Waals surface area contributed by atoms with Crippen molar-refractivity contribution in [2.75, 3.05) is 11.9 Å². The summed E-state index contributed by atoms with van der Waals surface area (Å²) in [5.41, 5.74) is 3.11. The second-order valence-electron chi connectivity index (χ2n) is 6.29. The number of carbonyl (C=O) groups excluding carboxylic acids is 1. The molecule has 132 valence electrons. The van der Waals surface area contributed by atoms with Crippen LogP contribution >= 0.6 is 0 Å². The number of nitrogens with one attached hydrogen (secondary N) is 1. The molecule has 2 aromatic carbocycles. The van der Waals surface area contributed by atoms with Gasteiger partial charge in [0.15, 0.2) is 6.61 Å². The molecule has 0 aliphatic carbocycles. The van der Waals surface area contributed by atoms with Gasteiger partial charge in [-0.2, -0.15) is 0 Å². The average molecular weight is 342 g/mol. The number of nitro benzene ring substituents is 1. The largest absolute Gasteiger partial charge is 0.484 e. The van der Waals surface area contributed by atoms with E-state index >= 15 is 0 Å². The van der Waals surface area contributed by atoms with E-state index < -0.39 is 10.8 Å². The summed E-state index contributed by atoms with van der Waals surface area (Å²) in [5, 5.41) is 13.6. The van der Waals surface area contributed by atoms with Gasteiger partial charge in [-0.3, -0.25) is 14.9 Å². The Kier molecular flexibility index (Phi) is 5.75. The third kappa shape index (κ3) is 4.79. The van der Waals surface area contributed by atoms with E-state index in [2.05, 4.69) is 19.2 Å². The Hall–Kier alpha value is -2.89. The van der Waals surface area contributed by atoms with Crippen LogP contribution in [0.15, 0.2) is 36.4 Å². The smallest absolute Gasteiger partial charge is 0.293 e. The van der Waals surface area contributed by atoms with Crippen LogP contribution < -0.4 is 10.1 Å². The maximum Gasteiger partial charge on any atom is 0.293 e. The zero-order valence-corrected chi connectivity index (χ0v) is 14.8. The summed E-state index contributed by atoms with van der Waals surface area (Å²) in [6, 6.07) is 10.3. The van der Waals surface area contributed by atoms with Crippen LogP contribution in [0.3, 0.4) is 0 Å². The maximum atomic E-state index is 12.0. The Morgan fingerprint density at radius 3 is 2.52 bits per heavy atom. The fourth-order valence-electron chi connectivity index (χ4n) is 2.62. The number of hydrogen-bond donors (Lipinski definition) is 1. The highest BCUT2D eigenvalue weighted by molar-refractivity contribution is 5.94. The van der Waals surface area contributed by atoms with Gasteiger partial charge in [-0.25, -0.2) is 0 Å². The monoisotopic (exact) mass is 342 g/mol. The van der Waals surface area contributed by atoms with Gasteiger partial charge in [-0.05, 0) is 54.7 Å². The van der Waals surface area contributed by atoms with Gasteiger partial charge in [0.05, 0.1) is 4.92 Å². The molecule has 0 saturated carbocycles. The number of carbonyl (C=O) groups is 1. The molecule has 0 bridgehead atoms. The van der Waals surface area contributed by atoms with E-state index in [0.29, 0.717) is 11.7 Å². The summed E-state index contributed by atoms with van der Waals surface area (Å²) < 4.78 is 5.50. The molecule has 0 atom stereocenters. The first kappa shape index (κ1) is 18.4. The Bertz CT molecular complexity index is 800. The van der Waals surface area contributed by atoms with Crippen LogP contribution in [0.5, 0.6) is 5.75 Å². The highest BCUT2D eigenvalue weighted by Gasteiger charge is 2.16. The summed E-state index contributed by atoms with van der Waals surface area (Å²) in [7, 11) is 0. The average Bonchev–Trinajstić information content (AvgIpc) is 2.54. The number of rotatable bonds is 6. The van der Waals surface area contributed by atoms with Crippen molar-refractivity contribution in [2.24, 2.45) is 0 Å². The molecule has 0 aromatic heterocycles. The standard InChI is InChI=1S/C19H22N2O4/c1-12(2)16-7-6-15(10-14(16)4)25-11-19(22)20-17-8-5-13(3)9-18(17)21(23)24/h5-10,12H,11H2,1-4H3,(H,20,22). The van der Waals surface area contributed by atoms with Crippen LogP contribution in [0.2, 0.25) is 0 Å². The minimum atomic E-state index is -0.516. The third-order valence-corrected chi connectivity index (χ3v) is 3.86. The minimum Gasteiger partial charge on any atom is -0.484 e. The van der Waals surface area contributed by atoms with E-state index in [4.69, 9.17) is 4.74 Å². The SMILES string of the molecule is Cc1ccc(NC(=O)COc2ccc(C(C)C)c(C)c2)c([N+](=O)[O-])c1. The molecule has 2 rings (SSSR count). The molecule has 1 amide bonds. The van der Waals surface area contributed by atoms with Gasteiger partial charge < -0.3 is 10.1 Å². The van der Waals surface area contributed by atoms with Crippen LogP contribution in [-0.4, -0.2) is 17.4 Å². The van der Waals surface area contributed by atoms with Crippen LogP contribution in [0.25, 0.3) is 0 Å². The first-order chi connectivity index (χ1) is 11.8. The fraction of sp³-hybridized carbons (Fsp3) is 0.316. The van der Waals surface area contributed by atoms with Crippen molar-refractivity contribution >= 4 is 17.3 Å². The van der Waals surface area contributed by atoms with Crippen molar-refractivity contribution in [1.82, 2.24) is 0 Å². The fourth-order valence-corrected chi connectivity index (χ4v) is 2.62. The summed E-state index contributed by atoms with van der Waals surface area (Å²) in [6.45, 7) is 7.77. The number of hydrogen-bond acceptors (Lipinski definition) is 4. The number of ether oxygens (including phenoxy) is 1. The lowest BCUT2D eigenvalue weighted by Gasteiger charge is -2.12. The first-order valence-corrected chi connectivity index (χ1v) is 8.06. The van der Waals surface area contributed by atoms with Gasteiger partial charge in [0.1, 0.15) is 11.4 Å². The van der Waals surface area contributed by atoms with Crippen molar-refractivity contribution in [3.8, 4) is 5.75 Å². The topological polar surface area (TPSA) is 81.5 Å². The van der Waals surface area contributed by atoms with Crippen molar-refractivity contribution < 1.29 is 14.5 Å². The Morgan fingerprint density at radius 1 is 1.20 bits per heavy atom. The summed E-state index contributed by atoms with van der Waals surface area (Å²) in [5.74, 6) is 0.562. The predicted molar refractivity (Wildman–Crippen MR) is 97.2 cm³/mol. The molecule has 0 radical (unpaired) electrons. The summed E-state index contributed by atoms with van der Waals surface area (Å²) >= 11 is 0. The number of anilines is 1. The van der Waals surface area contributed by atoms with Gasteiger partial charge in [0.2, 0.25) is 0 Å². The van der Waals surface area contributed by atoms with E-state index in [-0.39, 0.29) is 18.0 Å². The number of aryl methyl sites for hydroxylation is 2. The second kappa shape index (κ2) is 7.79. The molecule has 6 nitrogen and oxygen atoms in total. The molecule has 0 unspecified atom stereocenters. The molecule has 1 N–H and O–H groups in total. The summed E-state index contributed by atoms with van der Waals surface area (Å²) in [6.07, 6.45) is 0. The lowest BCUT2D eigenvalue weighted by atomic mass is 9.98. The summed E-state index contributed by atoms with van der Waals surface area (Å²) in [4.78, 5) is 22.6. The Labute approximate surface area is 147 Å². The van der Waals surface area contributed by atoms with Crippen LogP contribution in [-0.2, 0) is 4.79 Å². The van der Waals surface area contributed by atoms with E-state index in [0.717, 1.165) is 11.1 Å². The van der Waals surface area contributed by atoms with E-state index in [9.17, 15) is 14.9 Å². The van der Waals surface area contributed by atoms with Gasteiger partial charge in [0, 0.05) is 6.07 Å². The van der Waals surface area contributed by atoms with Crippen molar-refractivity contribution in [1.29, 1.82) is 0 Å². The van der Waals surface area contributed by atoms with Crippen LogP contribution in [0.4, 0.5) is 11.4 Å². The third-order valence-electron chi connectivity index (χ3n) is 3.86. The van der Waals surface area contributed by atoms with Gasteiger partial charge >= 0.3 is 0 Å². The lowest BCUT2D eigenvalue weighted by molar-refractivity contribution is -0.384. The maximum absolute atomic E-state index is 12.0. The highest BCUT2D eigenvalue weighted by atomic mass is 16.6. The zero-order chi connectivity index (χ0) is 18.6. The van der Waals surface area contributed by atoms with Crippen molar-refractivity contribution in [3.63, 3.8) is 0 Å². The van der Waals surface area contributed by atoms with Gasteiger partial charge in [0.25, 0.3) is 11.6 Å². The molecule has 25 heavy (non-hydrogen) atoms. The molecule has 2 aromatic rings. The lowest BCUT2D eigenvalue weighted by Crippen LogP contribution is -2.20. The molecule has 6 heteroatoms. The molecular weight excluding hydrogens is 320 g/mol. The molecule has 0 aliphatic heterocycles. The molecule has 0 fully saturated rings. The quantitative estimate of drug-likeness (QED) is 0.625. The molecular formula is C19H22N2O4. The Morgan fingerprint density at radius 2 is 1.92 bits per heavy atom. The number of nitrogens with zero attached hydrogens (tertiary/aromatic N) is 1. The highest BCUT2D eigenvalue weighted by Crippen LogP contribution is 2.26. The normalized spacial score (nSPS) is 10.6. The molecule has 0 saturated heterocycles. The first-order valence-electron chi connectivity index (χ1n) is 8.06. The van der Waals surface area contributed by atoms with E-state index in [1.165, 1.54) is 17.7 Å². The number of amides is 1. The van der Waals surface area contributed by atoms with E-state index in [1.54, 1.807) is 13.0 Å². The second-order valence-corrected chi connectivity index (χ2v) is 6.29. The Balaban J connectivity index is 2.02. The van der Waals surface area contributed by atoms with E-state index in [1.807, 2.05) is 25.1 Å². The molecule has 0 spiro atoms. The zero-order valence-electron chi connectivity index (χ0n) is 14.8. The van der Waals surface area contributed by atoms with Crippen molar-refractivity contribution in [2.45, 2.75) is 33.6 Å². The molecule has 0 aliphatic rings. The number of benzene rings is 2. The minimum absolute atomic E-state index is 0.134.